The van der Waals surface area contributed by atoms with Gasteiger partial charge >= 0.3 is 5.97 Å². The van der Waals surface area contributed by atoms with Gasteiger partial charge in [-0.1, -0.05) is 11.6 Å². The molecule has 0 aliphatic heterocycles. The van der Waals surface area contributed by atoms with Crippen LogP contribution < -0.4 is 5.73 Å². The van der Waals surface area contributed by atoms with Gasteiger partial charge < -0.3 is 10.8 Å². The van der Waals surface area contributed by atoms with Crippen molar-refractivity contribution in [3.05, 3.63) is 29.0 Å². The Morgan fingerprint density at radius 3 is 2.62 bits per heavy atom. The molecule has 3 N–H and O–H groups in total. The lowest BCUT2D eigenvalue weighted by molar-refractivity contribution is 0.0691. The maximum absolute atomic E-state index is 10.9. The number of nitrogens with zero attached hydrogens (tertiary/aromatic N) is 2. The monoisotopic (exact) mass is 217 g/mol. The van der Waals surface area contributed by atoms with Crippen molar-refractivity contribution in [2.75, 3.05) is 5.73 Å². The molecule has 5 heteroatoms. The number of hydrogen-bond donors (Lipinski definition) is 2. The molecular formula is C11H11N3O2. The fraction of sp³-hybridized carbons (Fsp3) is 0.182. The van der Waals surface area contributed by atoms with Crippen molar-refractivity contribution >= 4 is 22.6 Å². The van der Waals surface area contributed by atoms with Gasteiger partial charge in [0.1, 0.15) is 0 Å². The van der Waals surface area contributed by atoms with Crippen LogP contribution in [0, 0.1) is 13.8 Å². The third kappa shape index (κ3) is 1.46. The van der Waals surface area contributed by atoms with E-state index in [9.17, 15) is 4.79 Å². The van der Waals surface area contributed by atoms with Gasteiger partial charge in [0.2, 0.25) is 0 Å². The highest BCUT2D eigenvalue weighted by molar-refractivity contribution is 6.02. The Labute approximate surface area is 91.9 Å². The quantitative estimate of drug-likeness (QED) is 0.756. The molecule has 1 aromatic heterocycles. The van der Waals surface area contributed by atoms with E-state index in [1.165, 1.54) is 0 Å². The summed E-state index contributed by atoms with van der Waals surface area (Å²) < 4.78 is 0. The van der Waals surface area contributed by atoms with Crippen LogP contribution in [0.25, 0.3) is 10.9 Å². The van der Waals surface area contributed by atoms with Crippen molar-refractivity contribution in [3.63, 3.8) is 0 Å². The summed E-state index contributed by atoms with van der Waals surface area (Å²) >= 11 is 0. The lowest BCUT2D eigenvalue weighted by Gasteiger charge is -2.07. The van der Waals surface area contributed by atoms with Crippen molar-refractivity contribution in [1.29, 1.82) is 0 Å². The second kappa shape index (κ2) is 3.44. The Bertz CT molecular complexity index is 593. The van der Waals surface area contributed by atoms with Gasteiger partial charge in [-0.2, -0.15) is 0 Å². The topological polar surface area (TPSA) is 89.1 Å². The Balaban J connectivity index is 2.89. The molecule has 0 saturated carbocycles. The predicted octanol–water partition coefficient (Wildman–Crippen LogP) is 1.53. The zero-order valence-electron chi connectivity index (χ0n) is 8.98. The lowest BCUT2D eigenvalue weighted by atomic mass is 10.1. The number of carboxylic acid groups (broad SMARTS) is 1. The molecular weight excluding hydrogens is 206 g/mol. The smallest absolute Gasteiger partial charge is 0.358 e. The number of carboxylic acids is 1. The number of benzene rings is 1. The van der Waals surface area contributed by atoms with E-state index >= 15 is 0 Å². The molecule has 0 aliphatic carbocycles. The molecule has 2 rings (SSSR count). The van der Waals surface area contributed by atoms with Gasteiger partial charge in [0.15, 0.2) is 5.69 Å². The molecule has 5 nitrogen and oxygen atoms in total. The molecule has 0 radical (unpaired) electrons. The number of nitrogen functional groups attached to an aromatic ring is 1. The van der Waals surface area contributed by atoms with E-state index in [1.54, 1.807) is 0 Å². The molecule has 0 spiro atoms. The van der Waals surface area contributed by atoms with Crippen LogP contribution in [0.4, 0.5) is 5.69 Å². The van der Waals surface area contributed by atoms with Crippen molar-refractivity contribution in [2.45, 2.75) is 13.8 Å². The highest BCUT2D eigenvalue weighted by Gasteiger charge is 2.14. The first-order chi connectivity index (χ1) is 7.50. The predicted molar refractivity (Wildman–Crippen MR) is 60.4 cm³/mol. The minimum absolute atomic E-state index is 0.171. The van der Waals surface area contributed by atoms with Crippen molar-refractivity contribution in [3.8, 4) is 0 Å². The van der Waals surface area contributed by atoms with Crippen LogP contribution >= 0.6 is 0 Å². The Morgan fingerprint density at radius 2 is 2.00 bits per heavy atom. The van der Waals surface area contributed by atoms with E-state index in [4.69, 9.17) is 10.8 Å². The van der Waals surface area contributed by atoms with Gasteiger partial charge in [0.25, 0.3) is 0 Å². The van der Waals surface area contributed by atoms with E-state index in [0.29, 0.717) is 10.9 Å². The average Bonchev–Trinajstić information content (AvgIpc) is 2.19. The summed E-state index contributed by atoms with van der Waals surface area (Å²) in [5.41, 5.74) is 8.35. The van der Waals surface area contributed by atoms with Crippen LogP contribution in [-0.4, -0.2) is 21.3 Å². The SMILES string of the molecule is Cc1cc(C)c2nnc(C(=O)O)c(N)c2c1. The summed E-state index contributed by atoms with van der Waals surface area (Å²) in [6, 6.07) is 3.77. The highest BCUT2D eigenvalue weighted by Crippen LogP contribution is 2.25. The summed E-state index contributed by atoms with van der Waals surface area (Å²) in [6.45, 7) is 3.82. The molecule has 0 fully saturated rings. The Morgan fingerprint density at radius 1 is 1.31 bits per heavy atom. The van der Waals surface area contributed by atoms with E-state index in [-0.39, 0.29) is 11.4 Å². The molecule has 1 aromatic carbocycles. The van der Waals surface area contributed by atoms with Gasteiger partial charge in [-0.25, -0.2) is 4.79 Å². The molecule has 0 amide bonds. The van der Waals surface area contributed by atoms with E-state index in [1.807, 2.05) is 26.0 Å². The number of rotatable bonds is 1. The van der Waals surface area contributed by atoms with E-state index in [2.05, 4.69) is 10.2 Å². The number of carbonyl (C=O) groups is 1. The number of aryl methyl sites for hydroxylation is 2. The molecule has 1 heterocycles. The van der Waals surface area contributed by atoms with Crippen LogP contribution in [0.15, 0.2) is 12.1 Å². The Hall–Kier alpha value is -2.17. The van der Waals surface area contributed by atoms with Gasteiger partial charge in [0, 0.05) is 5.39 Å². The molecule has 16 heavy (non-hydrogen) atoms. The summed E-state index contributed by atoms with van der Waals surface area (Å²) in [7, 11) is 0. The second-order valence-electron chi connectivity index (χ2n) is 3.75. The van der Waals surface area contributed by atoms with Crippen LogP contribution in [0.2, 0.25) is 0 Å². The van der Waals surface area contributed by atoms with E-state index < -0.39 is 5.97 Å². The van der Waals surface area contributed by atoms with Crippen LogP contribution in [0.1, 0.15) is 21.6 Å². The Kier molecular flexibility index (Phi) is 2.23. The van der Waals surface area contributed by atoms with Crippen LogP contribution in [0.5, 0.6) is 0 Å². The third-order valence-electron chi connectivity index (χ3n) is 2.44. The molecule has 82 valence electrons. The number of hydrogen-bond acceptors (Lipinski definition) is 4. The molecule has 0 saturated heterocycles. The van der Waals surface area contributed by atoms with Gasteiger partial charge in [-0.15, -0.1) is 10.2 Å². The average molecular weight is 217 g/mol. The summed E-state index contributed by atoms with van der Waals surface area (Å²) in [5, 5.41) is 17.0. The van der Waals surface area contributed by atoms with E-state index in [0.717, 1.165) is 11.1 Å². The number of aromatic carboxylic acids is 1. The minimum atomic E-state index is -1.16. The maximum Gasteiger partial charge on any atom is 0.358 e. The summed E-state index contributed by atoms with van der Waals surface area (Å²) in [6.07, 6.45) is 0. The fourth-order valence-corrected chi connectivity index (χ4v) is 1.74. The molecule has 0 unspecified atom stereocenters. The van der Waals surface area contributed by atoms with Gasteiger partial charge in [-0.05, 0) is 25.5 Å². The zero-order chi connectivity index (χ0) is 11.9. The largest absolute Gasteiger partial charge is 0.476 e. The number of nitrogens with two attached hydrogens (primary N) is 1. The van der Waals surface area contributed by atoms with Crippen LogP contribution in [0.3, 0.4) is 0 Å². The first-order valence-electron chi connectivity index (χ1n) is 4.77. The molecule has 0 bridgehead atoms. The maximum atomic E-state index is 10.9. The minimum Gasteiger partial charge on any atom is -0.476 e. The zero-order valence-corrected chi connectivity index (χ0v) is 8.98. The van der Waals surface area contributed by atoms with Crippen LogP contribution in [-0.2, 0) is 0 Å². The molecule has 2 aromatic rings. The first kappa shape index (κ1) is 10.4. The molecule has 0 aliphatic rings. The highest BCUT2D eigenvalue weighted by atomic mass is 16.4. The number of anilines is 1. The summed E-state index contributed by atoms with van der Waals surface area (Å²) in [4.78, 5) is 10.9. The lowest BCUT2D eigenvalue weighted by Crippen LogP contribution is -2.08. The van der Waals surface area contributed by atoms with Crippen molar-refractivity contribution in [1.82, 2.24) is 10.2 Å². The summed E-state index contributed by atoms with van der Waals surface area (Å²) in [5.74, 6) is -1.16. The second-order valence-corrected chi connectivity index (χ2v) is 3.75. The standard InChI is InChI=1S/C11H11N3O2/c1-5-3-6(2)9-7(4-5)8(12)10(11(15)16)14-13-9/h3-4H,1-2H3,(H2,12,13)(H,15,16). The molecule has 0 atom stereocenters. The normalized spacial score (nSPS) is 10.6. The van der Waals surface area contributed by atoms with Gasteiger partial charge in [-0.3, -0.25) is 0 Å². The van der Waals surface area contributed by atoms with Crippen molar-refractivity contribution in [2.24, 2.45) is 0 Å². The van der Waals surface area contributed by atoms with Crippen molar-refractivity contribution < 1.29 is 9.90 Å². The fourth-order valence-electron chi connectivity index (χ4n) is 1.74. The number of aromatic nitrogens is 2. The number of fused-ring (bicyclic) bond motifs is 1. The van der Waals surface area contributed by atoms with Gasteiger partial charge in [0.05, 0.1) is 11.2 Å². The first-order valence-corrected chi connectivity index (χ1v) is 4.77. The third-order valence-corrected chi connectivity index (χ3v) is 2.44.